The Hall–Kier alpha value is -2.39. The average Bonchev–Trinajstić information content (AvgIpc) is 3.11. The number of amides is 1. The first-order valence-corrected chi connectivity index (χ1v) is 13.3. The molecular weight excluding hydrogens is 510 g/mol. The summed E-state index contributed by atoms with van der Waals surface area (Å²) in [7, 11) is 0. The van der Waals surface area contributed by atoms with E-state index in [9.17, 15) is 10.0 Å². The molecule has 2 saturated heterocycles. The number of likely N-dealkylation sites (tertiary alicyclic amines) is 2. The molecule has 2 aliphatic rings. The highest BCUT2D eigenvalue weighted by Crippen LogP contribution is 2.34. The number of hydrogen-bond acceptors (Lipinski definition) is 6. The molecule has 9 heteroatoms. The number of piperidine rings is 2. The summed E-state index contributed by atoms with van der Waals surface area (Å²) < 4.78 is 1.06. The molecule has 0 atom stereocenters. The van der Waals surface area contributed by atoms with E-state index in [1.165, 1.54) is 0 Å². The van der Waals surface area contributed by atoms with Gasteiger partial charge < -0.3 is 14.9 Å². The average molecular weight is 547 g/mol. The predicted molar refractivity (Wildman–Crippen MR) is 139 cm³/mol. The van der Waals surface area contributed by atoms with Crippen molar-refractivity contribution in [2.24, 2.45) is 11.1 Å². The van der Waals surface area contributed by atoms with Crippen molar-refractivity contribution in [1.29, 1.82) is 0 Å². The van der Waals surface area contributed by atoms with E-state index in [0.717, 1.165) is 59.4 Å². The quantitative estimate of drug-likeness (QED) is 0.324. The van der Waals surface area contributed by atoms with Gasteiger partial charge in [0.15, 0.2) is 0 Å². The smallest absolute Gasteiger partial charge is 0.257 e. The van der Waals surface area contributed by atoms with Crippen LogP contribution in [0.1, 0.15) is 66.8 Å². The molecular formula is C26H36BrN5O3. The Morgan fingerprint density at radius 2 is 1.80 bits per heavy atom. The van der Waals surface area contributed by atoms with Gasteiger partial charge in [-0.15, -0.1) is 9.94 Å². The van der Waals surface area contributed by atoms with Crippen molar-refractivity contribution in [2.75, 3.05) is 32.8 Å². The van der Waals surface area contributed by atoms with Crippen LogP contribution in [-0.2, 0) is 4.84 Å². The number of rotatable bonds is 6. The van der Waals surface area contributed by atoms with Crippen LogP contribution in [0.25, 0.3) is 0 Å². The fraction of sp³-hybridized carbons (Fsp3) is 0.577. The first kappa shape index (κ1) is 25.7. The van der Waals surface area contributed by atoms with Gasteiger partial charge in [-0.3, -0.25) is 9.69 Å². The second-order valence-corrected chi connectivity index (χ2v) is 10.8. The molecule has 0 spiro atoms. The summed E-state index contributed by atoms with van der Waals surface area (Å²) in [5, 5.41) is 18.3. The van der Waals surface area contributed by atoms with Crippen LogP contribution in [0.4, 0.5) is 0 Å². The number of aromatic nitrogens is 2. The Morgan fingerprint density at radius 3 is 2.34 bits per heavy atom. The monoisotopic (exact) mass is 545 g/mol. The molecule has 2 aliphatic heterocycles. The third-order valence-corrected chi connectivity index (χ3v) is 8.22. The minimum Gasteiger partial charge on any atom is -0.411 e. The minimum atomic E-state index is -0.0349. The van der Waals surface area contributed by atoms with Crippen molar-refractivity contribution in [3.8, 4) is 0 Å². The van der Waals surface area contributed by atoms with Gasteiger partial charge in [0.2, 0.25) is 0 Å². The number of carbonyl (C=O) groups excluding carboxylic acids is 1. The molecule has 8 nitrogen and oxygen atoms in total. The predicted octanol–water partition coefficient (Wildman–Crippen LogP) is 4.65. The van der Waals surface area contributed by atoms with E-state index < -0.39 is 0 Å². The molecule has 3 heterocycles. The van der Waals surface area contributed by atoms with Gasteiger partial charge in [0.05, 0.1) is 22.7 Å². The largest absolute Gasteiger partial charge is 0.411 e. The third kappa shape index (κ3) is 5.40. The first-order valence-electron chi connectivity index (χ1n) is 12.5. The standard InChI is InChI=1S/C26H36BrN5O3/c1-5-35-29-24(20-6-8-22(27)9-7-20)21-10-14-31(15-11-21)26(4)12-16-30(17-13-26)25(33)23-18(2)28-32(34)19(23)3/h6-9,21,34H,5,10-17H2,1-4H3. The molecule has 0 bridgehead atoms. The summed E-state index contributed by atoms with van der Waals surface area (Å²) in [5.74, 6) is 0.331. The van der Waals surface area contributed by atoms with Crippen molar-refractivity contribution >= 4 is 27.5 Å². The first-order chi connectivity index (χ1) is 16.7. The lowest BCUT2D eigenvalue weighted by atomic mass is 9.82. The van der Waals surface area contributed by atoms with Crippen LogP contribution in [0.15, 0.2) is 33.9 Å². The van der Waals surface area contributed by atoms with Gasteiger partial charge in [0.25, 0.3) is 5.91 Å². The van der Waals surface area contributed by atoms with Crippen molar-refractivity contribution < 1.29 is 14.8 Å². The maximum absolute atomic E-state index is 13.1. The molecule has 0 aliphatic carbocycles. The van der Waals surface area contributed by atoms with Gasteiger partial charge in [-0.1, -0.05) is 33.2 Å². The van der Waals surface area contributed by atoms with E-state index >= 15 is 0 Å². The highest BCUT2D eigenvalue weighted by Gasteiger charge is 2.40. The Balaban J connectivity index is 1.37. The molecule has 4 rings (SSSR count). The molecule has 1 N–H and O–H groups in total. The lowest BCUT2D eigenvalue weighted by molar-refractivity contribution is 0.0160. The fourth-order valence-electron chi connectivity index (χ4n) is 5.41. The van der Waals surface area contributed by atoms with E-state index in [4.69, 9.17) is 4.84 Å². The second-order valence-electron chi connectivity index (χ2n) is 9.89. The van der Waals surface area contributed by atoms with Gasteiger partial charge >= 0.3 is 0 Å². The van der Waals surface area contributed by atoms with Crippen molar-refractivity contribution in [1.82, 2.24) is 19.7 Å². The molecule has 2 aromatic rings. The Bertz CT molecular complexity index is 1070. The Labute approximate surface area is 216 Å². The Kier molecular flexibility index (Phi) is 7.86. The Morgan fingerprint density at radius 1 is 1.17 bits per heavy atom. The van der Waals surface area contributed by atoms with Crippen LogP contribution in [0, 0.1) is 19.8 Å². The van der Waals surface area contributed by atoms with Gasteiger partial charge in [0.1, 0.15) is 6.61 Å². The number of aryl methyl sites for hydroxylation is 1. The number of halogens is 1. The van der Waals surface area contributed by atoms with Crippen molar-refractivity contribution in [3.05, 3.63) is 51.3 Å². The van der Waals surface area contributed by atoms with E-state index in [1.807, 2.05) is 11.8 Å². The van der Waals surface area contributed by atoms with Gasteiger partial charge in [-0.2, -0.15) is 0 Å². The lowest BCUT2D eigenvalue weighted by Gasteiger charge is -2.49. The maximum atomic E-state index is 13.1. The van der Waals surface area contributed by atoms with Crippen LogP contribution in [0.2, 0.25) is 0 Å². The van der Waals surface area contributed by atoms with E-state index in [-0.39, 0.29) is 11.4 Å². The SMILES string of the molecule is CCON=C(c1ccc(Br)cc1)C1CCN(C2(C)CCN(C(=O)c3c(C)nn(O)c3C)CC2)CC1. The summed E-state index contributed by atoms with van der Waals surface area (Å²) in [5.41, 5.74) is 3.82. The van der Waals surface area contributed by atoms with Gasteiger partial charge in [0, 0.05) is 29.0 Å². The zero-order valence-electron chi connectivity index (χ0n) is 21.1. The molecule has 1 aromatic carbocycles. The summed E-state index contributed by atoms with van der Waals surface area (Å²) in [6.45, 7) is 11.8. The van der Waals surface area contributed by atoms with Crippen LogP contribution < -0.4 is 0 Å². The van der Waals surface area contributed by atoms with E-state index in [2.05, 4.69) is 62.3 Å². The van der Waals surface area contributed by atoms with Crippen molar-refractivity contribution in [2.45, 2.75) is 58.9 Å². The summed E-state index contributed by atoms with van der Waals surface area (Å²) >= 11 is 3.52. The molecule has 0 radical (unpaired) electrons. The number of hydrogen-bond donors (Lipinski definition) is 1. The van der Waals surface area contributed by atoms with E-state index in [1.54, 1.807) is 13.8 Å². The van der Waals surface area contributed by atoms with Gasteiger partial charge in [-0.05, 0) is 84.2 Å². The molecule has 1 amide bonds. The van der Waals surface area contributed by atoms with Crippen molar-refractivity contribution in [3.63, 3.8) is 0 Å². The lowest BCUT2D eigenvalue weighted by Crippen LogP contribution is -2.56. The minimum absolute atomic E-state index is 0.0349. The van der Waals surface area contributed by atoms with E-state index in [0.29, 0.717) is 42.6 Å². The maximum Gasteiger partial charge on any atom is 0.257 e. The molecule has 35 heavy (non-hydrogen) atoms. The fourth-order valence-corrected chi connectivity index (χ4v) is 5.68. The summed E-state index contributed by atoms with van der Waals surface area (Å²) in [6, 6.07) is 8.31. The molecule has 190 valence electrons. The number of oxime groups is 1. The van der Waals surface area contributed by atoms with Crippen LogP contribution >= 0.6 is 15.9 Å². The number of benzene rings is 1. The molecule has 0 unspecified atom stereocenters. The normalized spacial score (nSPS) is 19.7. The highest BCUT2D eigenvalue weighted by molar-refractivity contribution is 9.10. The zero-order valence-corrected chi connectivity index (χ0v) is 22.7. The van der Waals surface area contributed by atoms with Crippen LogP contribution in [0.3, 0.4) is 0 Å². The topological polar surface area (TPSA) is 83.2 Å². The van der Waals surface area contributed by atoms with Crippen LogP contribution in [-0.4, -0.2) is 74.9 Å². The second kappa shape index (κ2) is 10.7. The summed E-state index contributed by atoms with van der Waals surface area (Å²) in [4.78, 5) is 23.9. The molecule has 1 aromatic heterocycles. The highest BCUT2D eigenvalue weighted by atomic mass is 79.9. The van der Waals surface area contributed by atoms with Crippen LogP contribution in [0.5, 0.6) is 0 Å². The third-order valence-electron chi connectivity index (χ3n) is 7.69. The number of carbonyl (C=O) groups is 1. The summed E-state index contributed by atoms with van der Waals surface area (Å²) in [6.07, 6.45) is 3.94. The molecule has 0 saturated carbocycles. The number of nitrogens with zero attached hydrogens (tertiary/aromatic N) is 5. The van der Waals surface area contributed by atoms with Gasteiger partial charge in [-0.25, -0.2) is 0 Å². The molecule has 2 fully saturated rings. The zero-order chi connectivity index (χ0) is 25.2.